The highest BCUT2D eigenvalue weighted by Gasteiger charge is 2.38. The lowest BCUT2D eigenvalue weighted by Crippen LogP contribution is -2.24. The van der Waals surface area contributed by atoms with E-state index in [0.717, 1.165) is 16.8 Å². The van der Waals surface area contributed by atoms with Crippen LogP contribution in [0.2, 0.25) is 0 Å². The standard InChI is InChI=1S/C42H36N4/c1-42(2)36-19-11-9-17-32(36)34-25-26-35-33-18-10-12-20-37(33)46(39(35)38(34)42)31-23-21-30(22-24-31)41(44-27-28-13-5-3-6-14-28)45-40(43)29-15-7-4-8-16-29/h3-26,41,44H,27H2,1-2H3,(H2,43,45). The number of nitrogens with two attached hydrogens (primary N) is 1. The number of amidine groups is 1. The fourth-order valence-corrected chi connectivity index (χ4v) is 7.26. The fraction of sp³-hybridized carbons (Fsp3) is 0.119. The molecule has 7 aromatic rings. The summed E-state index contributed by atoms with van der Waals surface area (Å²) in [7, 11) is 0. The Morgan fingerprint density at radius 2 is 1.37 bits per heavy atom. The van der Waals surface area contributed by atoms with Crippen molar-refractivity contribution < 1.29 is 0 Å². The highest BCUT2D eigenvalue weighted by molar-refractivity contribution is 6.13. The third-order valence-electron chi connectivity index (χ3n) is 9.50. The Labute approximate surface area is 269 Å². The molecule has 1 atom stereocenters. The largest absolute Gasteiger partial charge is 0.383 e. The molecule has 0 fully saturated rings. The van der Waals surface area contributed by atoms with Gasteiger partial charge in [0.2, 0.25) is 0 Å². The molecule has 0 amide bonds. The van der Waals surface area contributed by atoms with Crippen LogP contribution >= 0.6 is 0 Å². The molecule has 224 valence electrons. The minimum Gasteiger partial charge on any atom is -0.383 e. The number of benzene rings is 6. The molecular formula is C42H36N4. The second-order valence-corrected chi connectivity index (χ2v) is 12.6. The number of nitrogens with one attached hydrogen (secondary N) is 1. The Hall–Kier alpha value is -5.45. The van der Waals surface area contributed by atoms with Gasteiger partial charge in [0.25, 0.3) is 0 Å². The molecule has 1 aliphatic rings. The molecule has 8 rings (SSSR count). The highest BCUT2D eigenvalue weighted by atomic mass is 15.1. The summed E-state index contributed by atoms with van der Waals surface area (Å²) in [4.78, 5) is 4.99. The van der Waals surface area contributed by atoms with Gasteiger partial charge in [-0.2, -0.15) is 0 Å². The van der Waals surface area contributed by atoms with E-state index in [1.54, 1.807) is 0 Å². The minimum atomic E-state index is -0.315. The summed E-state index contributed by atoms with van der Waals surface area (Å²) >= 11 is 0. The van der Waals surface area contributed by atoms with Crippen molar-refractivity contribution in [1.29, 1.82) is 0 Å². The average Bonchev–Trinajstić information content (AvgIpc) is 3.56. The van der Waals surface area contributed by atoms with Gasteiger partial charge in [-0.25, -0.2) is 4.99 Å². The van der Waals surface area contributed by atoms with Crippen molar-refractivity contribution in [3.8, 4) is 16.8 Å². The summed E-state index contributed by atoms with van der Waals surface area (Å²) in [6.07, 6.45) is -0.315. The molecular weight excluding hydrogens is 560 g/mol. The number of fused-ring (bicyclic) bond motifs is 7. The molecule has 0 saturated carbocycles. The van der Waals surface area contributed by atoms with Crippen molar-refractivity contribution in [2.24, 2.45) is 10.7 Å². The molecule has 1 aromatic heterocycles. The molecule has 0 spiro atoms. The van der Waals surface area contributed by atoms with E-state index in [2.05, 4.69) is 133 Å². The highest BCUT2D eigenvalue weighted by Crippen LogP contribution is 2.52. The van der Waals surface area contributed by atoms with Gasteiger partial charge in [0.1, 0.15) is 12.0 Å². The van der Waals surface area contributed by atoms with E-state index in [0.29, 0.717) is 12.4 Å². The van der Waals surface area contributed by atoms with Gasteiger partial charge in [-0.3, -0.25) is 5.32 Å². The maximum absolute atomic E-state index is 6.55. The quantitative estimate of drug-likeness (QED) is 0.142. The molecule has 6 aromatic carbocycles. The lowest BCUT2D eigenvalue weighted by atomic mass is 9.81. The summed E-state index contributed by atoms with van der Waals surface area (Å²) in [5, 5.41) is 6.19. The van der Waals surface area contributed by atoms with Gasteiger partial charge >= 0.3 is 0 Å². The molecule has 1 unspecified atom stereocenters. The number of hydrogen-bond donors (Lipinski definition) is 2. The fourth-order valence-electron chi connectivity index (χ4n) is 7.26. The number of para-hydroxylation sites is 1. The Morgan fingerprint density at radius 3 is 2.15 bits per heavy atom. The Balaban J connectivity index is 1.25. The van der Waals surface area contributed by atoms with Gasteiger partial charge in [0, 0.05) is 34.0 Å². The number of rotatable bonds is 7. The Kier molecular flexibility index (Phi) is 6.81. The van der Waals surface area contributed by atoms with Gasteiger partial charge in [-0.1, -0.05) is 141 Å². The molecule has 0 bridgehead atoms. The SMILES string of the molecule is CC1(C)c2ccccc2-c2ccc3c4ccccc4n(-c4ccc(C(N=C(N)c5ccccc5)NCc5ccccc5)cc4)c3c21. The summed E-state index contributed by atoms with van der Waals surface area (Å²) in [6, 6.07) is 51.4. The van der Waals surface area contributed by atoms with Crippen molar-refractivity contribution in [2.45, 2.75) is 32.0 Å². The summed E-state index contributed by atoms with van der Waals surface area (Å²) in [5.74, 6) is 0.509. The molecule has 1 heterocycles. The lowest BCUT2D eigenvalue weighted by molar-refractivity contribution is 0.554. The molecule has 0 radical (unpaired) electrons. The zero-order valence-electron chi connectivity index (χ0n) is 26.1. The van der Waals surface area contributed by atoms with Gasteiger partial charge in [0.05, 0.1) is 11.0 Å². The third-order valence-corrected chi connectivity index (χ3v) is 9.50. The van der Waals surface area contributed by atoms with E-state index < -0.39 is 0 Å². The van der Waals surface area contributed by atoms with Crippen molar-refractivity contribution in [2.75, 3.05) is 0 Å². The first-order valence-corrected chi connectivity index (χ1v) is 15.9. The average molecular weight is 597 g/mol. The van der Waals surface area contributed by atoms with Crippen LogP contribution in [0.1, 0.15) is 47.8 Å². The van der Waals surface area contributed by atoms with Crippen molar-refractivity contribution in [1.82, 2.24) is 9.88 Å². The molecule has 0 saturated heterocycles. The summed E-state index contributed by atoms with van der Waals surface area (Å²) in [6.45, 7) is 5.40. The van der Waals surface area contributed by atoms with Crippen molar-refractivity contribution >= 4 is 27.6 Å². The first kappa shape index (κ1) is 28.1. The number of hydrogen-bond acceptors (Lipinski definition) is 2. The van der Waals surface area contributed by atoms with Crippen LogP contribution in [-0.2, 0) is 12.0 Å². The molecule has 3 N–H and O–H groups in total. The van der Waals surface area contributed by atoms with Gasteiger partial charge in [0.15, 0.2) is 0 Å². The van der Waals surface area contributed by atoms with Crippen LogP contribution in [0.3, 0.4) is 0 Å². The van der Waals surface area contributed by atoms with E-state index in [9.17, 15) is 0 Å². The van der Waals surface area contributed by atoms with Crippen LogP contribution in [0.4, 0.5) is 0 Å². The third kappa shape index (κ3) is 4.61. The molecule has 46 heavy (non-hydrogen) atoms. The normalized spacial score (nSPS) is 14.3. The predicted octanol–water partition coefficient (Wildman–Crippen LogP) is 9.28. The Bertz CT molecular complexity index is 2230. The van der Waals surface area contributed by atoms with Crippen LogP contribution in [0, 0.1) is 0 Å². The second kappa shape index (κ2) is 11.2. The van der Waals surface area contributed by atoms with Gasteiger partial charge in [-0.15, -0.1) is 0 Å². The van der Waals surface area contributed by atoms with Crippen LogP contribution in [0.5, 0.6) is 0 Å². The van der Waals surface area contributed by atoms with E-state index in [1.165, 1.54) is 49.6 Å². The van der Waals surface area contributed by atoms with E-state index in [1.807, 2.05) is 36.4 Å². The second-order valence-electron chi connectivity index (χ2n) is 12.6. The van der Waals surface area contributed by atoms with Crippen LogP contribution in [0.15, 0.2) is 151 Å². The van der Waals surface area contributed by atoms with Crippen LogP contribution in [0.25, 0.3) is 38.6 Å². The molecule has 0 aliphatic heterocycles. The maximum Gasteiger partial charge on any atom is 0.128 e. The predicted molar refractivity (Wildman–Crippen MR) is 192 cm³/mol. The van der Waals surface area contributed by atoms with Crippen LogP contribution < -0.4 is 11.1 Å². The van der Waals surface area contributed by atoms with E-state index in [4.69, 9.17) is 10.7 Å². The Morgan fingerprint density at radius 1 is 0.696 bits per heavy atom. The molecule has 1 aliphatic carbocycles. The smallest absolute Gasteiger partial charge is 0.128 e. The lowest BCUT2D eigenvalue weighted by Gasteiger charge is -2.24. The zero-order valence-corrected chi connectivity index (χ0v) is 26.1. The number of aliphatic imine (C=N–C) groups is 1. The topological polar surface area (TPSA) is 55.3 Å². The van der Waals surface area contributed by atoms with E-state index >= 15 is 0 Å². The number of aromatic nitrogens is 1. The number of nitrogens with zero attached hydrogens (tertiary/aromatic N) is 2. The monoisotopic (exact) mass is 596 g/mol. The van der Waals surface area contributed by atoms with Crippen molar-refractivity contribution in [3.05, 3.63) is 173 Å². The van der Waals surface area contributed by atoms with Gasteiger partial charge in [-0.05, 0) is 51.6 Å². The first-order chi connectivity index (χ1) is 22.5. The summed E-state index contributed by atoms with van der Waals surface area (Å²) in [5.41, 5.74) is 18.6. The minimum absolute atomic E-state index is 0.131. The zero-order chi connectivity index (χ0) is 31.3. The maximum atomic E-state index is 6.55. The van der Waals surface area contributed by atoms with Crippen molar-refractivity contribution in [3.63, 3.8) is 0 Å². The molecule has 4 heteroatoms. The van der Waals surface area contributed by atoms with Gasteiger partial charge < -0.3 is 10.3 Å². The summed E-state index contributed by atoms with van der Waals surface area (Å²) < 4.78 is 2.45. The van der Waals surface area contributed by atoms with E-state index in [-0.39, 0.29) is 11.6 Å². The van der Waals surface area contributed by atoms with Crippen LogP contribution in [-0.4, -0.2) is 10.4 Å². The molecule has 4 nitrogen and oxygen atoms in total. The first-order valence-electron chi connectivity index (χ1n) is 15.9.